The lowest BCUT2D eigenvalue weighted by Crippen LogP contribution is -2.07. The Bertz CT molecular complexity index is 795. The van der Waals surface area contributed by atoms with Crippen LogP contribution in [0.1, 0.15) is 17.9 Å². The Morgan fingerprint density at radius 3 is 2.81 bits per heavy atom. The molecule has 4 rings (SSSR count). The Morgan fingerprint density at radius 1 is 1.19 bits per heavy atom. The van der Waals surface area contributed by atoms with Crippen molar-refractivity contribution < 1.29 is 0 Å². The van der Waals surface area contributed by atoms with Gasteiger partial charge in [0.05, 0.1) is 6.33 Å². The molecule has 6 heteroatoms. The lowest BCUT2D eigenvalue weighted by atomic mass is 10.1. The first-order chi connectivity index (χ1) is 10.2. The van der Waals surface area contributed by atoms with Crippen molar-refractivity contribution in [1.82, 2.24) is 19.5 Å². The average Bonchev–Trinajstić information content (AvgIpc) is 3.15. The predicted octanol–water partition coefficient (Wildman–Crippen LogP) is 2.98. The first kappa shape index (κ1) is 12.6. The molecular weight excluding hydrogens is 286 g/mol. The first-order valence-corrected chi connectivity index (χ1v) is 7.24. The highest BCUT2D eigenvalue weighted by atomic mass is 35.5. The molecule has 2 atom stereocenters. The van der Waals surface area contributed by atoms with Crippen molar-refractivity contribution in [3.05, 3.63) is 47.5 Å². The molecule has 0 saturated heterocycles. The van der Waals surface area contributed by atoms with Crippen molar-refractivity contribution in [1.29, 1.82) is 0 Å². The first-order valence-electron chi connectivity index (χ1n) is 6.86. The molecule has 0 aliphatic heterocycles. The van der Waals surface area contributed by atoms with Crippen molar-refractivity contribution in [3.63, 3.8) is 0 Å². The quantitative estimate of drug-likeness (QED) is 0.808. The van der Waals surface area contributed by atoms with Crippen LogP contribution in [0.2, 0.25) is 5.02 Å². The molecule has 1 fully saturated rings. The van der Waals surface area contributed by atoms with Crippen LogP contribution in [-0.2, 0) is 7.05 Å². The van der Waals surface area contributed by atoms with Gasteiger partial charge in [0.25, 0.3) is 0 Å². The van der Waals surface area contributed by atoms with Crippen LogP contribution in [0.5, 0.6) is 0 Å². The summed E-state index contributed by atoms with van der Waals surface area (Å²) in [7, 11) is 1.93. The fourth-order valence-corrected chi connectivity index (χ4v) is 2.79. The number of nitrogens with zero attached hydrogens (tertiary/aromatic N) is 4. The molecule has 21 heavy (non-hydrogen) atoms. The van der Waals surface area contributed by atoms with Gasteiger partial charge >= 0.3 is 0 Å². The standard InChI is InChI=1S/C15H14ClN5/c1-21-8-19-13-14(17-7-18-15(13)21)20-12-6-11(12)9-2-4-10(16)5-3-9/h2-5,7-8,11-12H,6H2,1H3,(H,17,18,20)/t11-,12+/m0/s1. The fourth-order valence-electron chi connectivity index (χ4n) is 2.66. The topological polar surface area (TPSA) is 55.6 Å². The van der Waals surface area contributed by atoms with E-state index in [0.29, 0.717) is 12.0 Å². The number of rotatable bonds is 3. The number of anilines is 1. The van der Waals surface area contributed by atoms with Gasteiger partial charge in [0.15, 0.2) is 11.5 Å². The van der Waals surface area contributed by atoms with Gasteiger partial charge < -0.3 is 9.88 Å². The maximum absolute atomic E-state index is 5.93. The Hall–Kier alpha value is -2.14. The Balaban J connectivity index is 1.56. The minimum absolute atomic E-state index is 0.395. The van der Waals surface area contributed by atoms with Crippen LogP contribution in [0.4, 0.5) is 5.82 Å². The molecule has 0 bridgehead atoms. The molecule has 1 aromatic carbocycles. The molecule has 1 aliphatic carbocycles. The molecule has 0 amide bonds. The molecule has 0 spiro atoms. The SMILES string of the molecule is Cn1cnc2c(N[C@@H]3C[C@H]3c3ccc(Cl)cc3)ncnc21. The highest BCUT2D eigenvalue weighted by molar-refractivity contribution is 6.30. The number of hydrogen-bond acceptors (Lipinski definition) is 4. The van der Waals surface area contributed by atoms with Crippen molar-refractivity contribution in [3.8, 4) is 0 Å². The van der Waals surface area contributed by atoms with Crippen molar-refractivity contribution in [2.24, 2.45) is 7.05 Å². The number of imidazole rings is 1. The third-order valence-electron chi connectivity index (χ3n) is 3.91. The summed E-state index contributed by atoms with van der Waals surface area (Å²) in [4.78, 5) is 12.9. The van der Waals surface area contributed by atoms with E-state index in [4.69, 9.17) is 11.6 Å². The van der Waals surface area contributed by atoms with Crippen LogP contribution in [-0.4, -0.2) is 25.6 Å². The third-order valence-corrected chi connectivity index (χ3v) is 4.16. The summed E-state index contributed by atoms with van der Waals surface area (Å²) in [6.45, 7) is 0. The van der Waals surface area contributed by atoms with Crippen LogP contribution in [0, 0.1) is 0 Å². The van der Waals surface area contributed by atoms with E-state index < -0.39 is 0 Å². The number of benzene rings is 1. The van der Waals surface area contributed by atoms with Gasteiger partial charge in [0.1, 0.15) is 11.8 Å². The third kappa shape index (κ3) is 2.23. The molecule has 1 saturated carbocycles. The number of aromatic nitrogens is 4. The van der Waals surface area contributed by atoms with Gasteiger partial charge in [-0.3, -0.25) is 0 Å². The van der Waals surface area contributed by atoms with Crippen LogP contribution in [0.25, 0.3) is 11.2 Å². The second kappa shape index (κ2) is 4.70. The molecule has 1 N–H and O–H groups in total. The maximum atomic E-state index is 5.93. The summed E-state index contributed by atoms with van der Waals surface area (Å²) < 4.78 is 1.89. The molecule has 3 aromatic rings. The normalized spacial score (nSPS) is 20.7. The van der Waals surface area contributed by atoms with Gasteiger partial charge in [-0.05, 0) is 24.1 Å². The number of halogens is 1. The number of nitrogens with one attached hydrogen (secondary N) is 1. The predicted molar refractivity (Wildman–Crippen MR) is 82.5 cm³/mol. The molecule has 2 heterocycles. The summed E-state index contributed by atoms with van der Waals surface area (Å²) in [6, 6.07) is 8.45. The molecule has 0 radical (unpaired) electrons. The zero-order valence-electron chi connectivity index (χ0n) is 11.5. The lowest BCUT2D eigenvalue weighted by molar-refractivity contribution is 0.927. The number of fused-ring (bicyclic) bond motifs is 1. The lowest BCUT2D eigenvalue weighted by Gasteiger charge is -2.06. The van der Waals surface area contributed by atoms with Crippen molar-refractivity contribution >= 4 is 28.6 Å². The monoisotopic (exact) mass is 299 g/mol. The van der Waals surface area contributed by atoms with Crippen LogP contribution >= 0.6 is 11.6 Å². The van der Waals surface area contributed by atoms with Crippen molar-refractivity contribution in [2.45, 2.75) is 18.4 Å². The number of aryl methyl sites for hydroxylation is 1. The van der Waals surface area contributed by atoms with Crippen LogP contribution < -0.4 is 5.32 Å². The van der Waals surface area contributed by atoms with Gasteiger partial charge in [-0.2, -0.15) is 0 Å². The molecule has 2 aromatic heterocycles. The average molecular weight is 300 g/mol. The molecular formula is C15H14ClN5. The van der Waals surface area contributed by atoms with E-state index in [-0.39, 0.29) is 0 Å². The second-order valence-electron chi connectivity index (χ2n) is 5.39. The summed E-state index contributed by atoms with van der Waals surface area (Å²) in [5.74, 6) is 1.32. The van der Waals surface area contributed by atoms with E-state index in [1.165, 1.54) is 5.56 Å². The van der Waals surface area contributed by atoms with E-state index in [1.54, 1.807) is 12.7 Å². The molecule has 5 nitrogen and oxygen atoms in total. The largest absolute Gasteiger partial charge is 0.365 e. The van der Waals surface area contributed by atoms with Gasteiger partial charge in [0.2, 0.25) is 0 Å². The minimum Gasteiger partial charge on any atom is -0.365 e. The summed E-state index contributed by atoms with van der Waals surface area (Å²) in [5.41, 5.74) is 2.97. The van der Waals surface area contributed by atoms with Gasteiger partial charge in [0, 0.05) is 24.0 Å². The Labute approximate surface area is 127 Å². The number of hydrogen-bond donors (Lipinski definition) is 1. The molecule has 106 valence electrons. The van der Waals surface area contributed by atoms with Gasteiger partial charge in [-0.15, -0.1) is 0 Å². The van der Waals surface area contributed by atoms with Gasteiger partial charge in [-0.25, -0.2) is 15.0 Å². The highest BCUT2D eigenvalue weighted by Gasteiger charge is 2.39. The zero-order valence-corrected chi connectivity index (χ0v) is 12.2. The Kier molecular flexibility index (Phi) is 2.82. The van der Waals surface area contributed by atoms with E-state index in [0.717, 1.165) is 28.4 Å². The summed E-state index contributed by atoms with van der Waals surface area (Å²) in [5, 5.41) is 4.25. The fraction of sp³-hybridized carbons (Fsp3) is 0.267. The van der Waals surface area contributed by atoms with E-state index in [9.17, 15) is 0 Å². The Morgan fingerprint density at radius 2 is 2.00 bits per heavy atom. The molecule has 0 unspecified atom stereocenters. The smallest absolute Gasteiger partial charge is 0.165 e. The summed E-state index contributed by atoms with van der Waals surface area (Å²) in [6.07, 6.45) is 4.43. The van der Waals surface area contributed by atoms with Crippen LogP contribution in [0.3, 0.4) is 0 Å². The maximum Gasteiger partial charge on any atom is 0.165 e. The molecule has 1 aliphatic rings. The minimum atomic E-state index is 0.395. The van der Waals surface area contributed by atoms with Crippen molar-refractivity contribution in [2.75, 3.05) is 5.32 Å². The highest BCUT2D eigenvalue weighted by Crippen LogP contribution is 2.43. The summed E-state index contributed by atoms with van der Waals surface area (Å²) >= 11 is 5.93. The van der Waals surface area contributed by atoms with Crippen LogP contribution in [0.15, 0.2) is 36.9 Å². The zero-order chi connectivity index (χ0) is 14.4. The van der Waals surface area contributed by atoms with E-state index >= 15 is 0 Å². The van der Waals surface area contributed by atoms with E-state index in [2.05, 4.69) is 32.4 Å². The second-order valence-corrected chi connectivity index (χ2v) is 5.83. The van der Waals surface area contributed by atoms with Gasteiger partial charge in [-0.1, -0.05) is 23.7 Å². The van der Waals surface area contributed by atoms with E-state index in [1.807, 2.05) is 23.7 Å².